The number of benzene rings is 3. The van der Waals surface area contributed by atoms with E-state index in [9.17, 15) is 9.59 Å². The Morgan fingerprint density at radius 3 is 2.32 bits per heavy atom. The largest absolute Gasteiger partial charge is 0.341 e. The minimum absolute atomic E-state index is 0.00606. The first kappa shape index (κ1) is 27.3. The van der Waals surface area contributed by atoms with E-state index in [-0.39, 0.29) is 29.4 Å². The van der Waals surface area contributed by atoms with Gasteiger partial charge in [0.2, 0.25) is 11.8 Å². The SMILES string of the molecule is Cc1ccc(-n2nc(-c3ccccc3)c3c2N(CC(=O)N2CCC(C)CC2)C(=O)CS[C@H]3c2ccccc2C)cc1. The quantitative estimate of drug-likeness (QED) is 0.275. The van der Waals surface area contributed by atoms with Crippen molar-refractivity contribution in [2.45, 2.75) is 38.9 Å². The summed E-state index contributed by atoms with van der Waals surface area (Å²) >= 11 is 1.62. The molecule has 6 nitrogen and oxygen atoms in total. The molecular weight excluding hydrogens is 528 g/mol. The number of hydrogen-bond donors (Lipinski definition) is 0. The first-order valence-corrected chi connectivity index (χ1v) is 15.5. The van der Waals surface area contributed by atoms with Crippen LogP contribution in [0.15, 0.2) is 78.9 Å². The fourth-order valence-electron chi connectivity index (χ4n) is 5.81. The van der Waals surface area contributed by atoms with E-state index in [1.165, 1.54) is 0 Å². The predicted molar refractivity (Wildman–Crippen MR) is 167 cm³/mol. The third-order valence-corrected chi connectivity index (χ3v) is 9.55. The molecule has 4 aromatic rings. The third kappa shape index (κ3) is 5.43. The standard InChI is InChI=1S/C34H36N4O2S/c1-23-13-15-27(16-14-23)38-34-31(32(35-38)26-10-5-4-6-11-26)33(28-12-8-7-9-25(28)3)41-22-30(40)37(34)21-29(39)36-19-17-24(2)18-20-36/h4-16,24,33H,17-22H2,1-3H3/t33-/m0/s1. The number of carbonyl (C=O) groups is 2. The van der Waals surface area contributed by atoms with Gasteiger partial charge in [-0.05, 0) is 55.9 Å². The molecule has 0 bridgehead atoms. The molecule has 2 amide bonds. The highest BCUT2D eigenvalue weighted by Crippen LogP contribution is 2.49. The number of carbonyl (C=O) groups excluding carboxylic acids is 2. The van der Waals surface area contributed by atoms with Gasteiger partial charge in [0.1, 0.15) is 12.4 Å². The van der Waals surface area contributed by atoms with Crippen molar-refractivity contribution in [2.24, 2.45) is 5.92 Å². The van der Waals surface area contributed by atoms with Gasteiger partial charge >= 0.3 is 0 Å². The number of thioether (sulfide) groups is 1. The maximum atomic E-state index is 14.0. The Kier molecular flexibility index (Phi) is 7.71. The van der Waals surface area contributed by atoms with Crippen LogP contribution in [-0.4, -0.2) is 51.9 Å². The van der Waals surface area contributed by atoms with Crippen LogP contribution < -0.4 is 4.90 Å². The molecule has 3 heterocycles. The van der Waals surface area contributed by atoms with Crippen LogP contribution in [0.1, 0.15) is 47.3 Å². The number of aryl methyl sites for hydroxylation is 2. The second kappa shape index (κ2) is 11.6. The Labute approximate surface area is 246 Å². The van der Waals surface area contributed by atoms with Crippen LogP contribution in [0.5, 0.6) is 0 Å². The lowest BCUT2D eigenvalue weighted by Gasteiger charge is -2.32. The molecule has 41 heavy (non-hydrogen) atoms. The Bertz CT molecular complexity index is 1560. The molecule has 210 valence electrons. The summed E-state index contributed by atoms with van der Waals surface area (Å²) in [5.41, 5.74) is 7.12. The van der Waals surface area contributed by atoms with Gasteiger partial charge in [-0.2, -0.15) is 5.10 Å². The summed E-state index contributed by atoms with van der Waals surface area (Å²) in [5.74, 6) is 1.51. The van der Waals surface area contributed by atoms with Crippen LogP contribution >= 0.6 is 11.8 Å². The topological polar surface area (TPSA) is 58.4 Å². The van der Waals surface area contributed by atoms with Crippen LogP contribution in [0.25, 0.3) is 16.9 Å². The van der Waals surface area contributed by atoms with Crippen LogP contribution in [0, 0.1) is 19.8 Å². The number of aromatic nitrogens is 2. The maximum absolute atomic E-state index is 14.0. The second-order valence-corrected chi connectivity index (χ2v) is 12.4. The molecule has 2 aliphatic rings. The summed E-state index contributed by atoms with van der Waals surface area (Å²) in [6.07, 6.45) is 1.99. The molecule has 3 aromatic carbocycles. The van der Waals surface area contributed by atoms with E-state index in [4.69, 9.17) is 5.10 Å². The highest BCUT2D eigenvalue weighted by Gasteiger charge is 2.38. The maximum Gasteiger partial charge on any atom is 0.242 e. The number of anilines is 1. The first-order valence-electron chi connectivity index (χ1n) is 14.4. The zero-order valence-corrected chi connectivity index (χ0v) is 24.7. The Morgan fingerprint density at radius 1 is 0.927 bits per heavy atom. The molecule has 0 radical (unpaired) electrons. The highest BCUT2D eigenvalue weighted by atomic mass is 32.2. The van der Waals surface area contributed by atoms with Crippen molar-refractivity contribution >= 4 is 29.4 Å². The molecule has 6 rings (SSSR count). The van der Waals surface area contributed by atoms with E-state index >= 15 is 0 Å². The smallest absolute Gasteiger partial charge is 0.242 e. The normalized spacial score (nSPS) is 17.8. The number of nitrogens with zero attached hydrogens (tertiary/aromatic N) is 4. The summed E-state index contributed by atoms with van der Waals surface area (Å²) in [6.45, 7) is 7.90. The van der Waals surface area contributed by atoms with Crippen LogP contribution in [0.4, 0.5) is 5.82 Å². The number of piperidine rings is 1. The van der Waals surface area contributed by atoms with Crippen molar-refractivity contribution in [3.63, 3.8) is 0 Å². The molecule has 0 saturated carbocycles. The molecule has 1 aromatic heterocycles. The number of likely N-dealkylation sites (tertiary alicyclic amines) is 1. The number of rotatable bonds is 5. The van der Waals surface area contributed by atoms with Gasteiger partial charge in [0.25, 0.3) is 0 Å². The van der Waals surface area contributed by atoms with Crippen molar-refractivity contribution in [1.82, 2.24) is 14.7 Å². The van der Waals surface area contributed by atoms with E-state index in [0.717, 1.165) is 65.1 Å². The summed E-state index contributed by atoms with van der Waals surface area (Å²) in [7, 11) is 0. The van der Waals surface area contributed by atoms with Gasteiger partial charge in [0.15, 0.2) is 0 Å². The molecule has 0 aliphatic carbocycles. The van der Waals surface area contributed by atoms with E-state index in [2.05, 4.69) is 63.2 Å². The fourth-order valence-corrected chi connectivity index (χ4v) is 7.11. The lowest BCUT2D eigenvalue weighted by Crippen LogP contribution is -2.46. The van der Waals surface area contributed by atoms with Crippen LogP contribution in [-0.2, 0) is 9.59 Å². The second-order valence-electron chi connectivity index (χ2n) is 11.3. The molecule has 0 unspecified atom stereocenters. The van der Waals surface area contributed by atoms with Gasteiger partial charge in [-0.3, -0.25) is 14.5 Å². The van der Waals surface area contributed by atoms with Crippen molar-refractivity contribution < 1.29 is 9.59 Å². The van der Waals surface area contributed by atoms with E-state index in [1.807, 2.05) is 46.0 Å². The van der Waals surface area contributed by atoms with Gasteiger partial charge in [-0.25, -0.2) is 4.68 Å². The summed E-state index contributed by atoms with van der Waals surface area (Å²) in [6, 6.07) is 26.7. The Balaban J connectivity index is 1.57. The summed E-state index contributed by atoms with van der Waals surface area (Å²) in [4.78, 5) is 31.3. The molecule has 1 atom stereocenters. The van der Waals surface area contributed by atoms with Crippen LogP contribution in [0.2, 0.25) is 0 Å². The van der Waals surface area contributed by atoms with Gasteiger partial charge in [0, 0.05) is 24.2 Å². The average molecular weight is 565 g/mol. The van der Waals surface area contributed by atoms with Crippen molar-refractivity contribution in [3.8, 4) is 16.9 Å². The molecule has 7 heteroatoms. The lowest BCUT2D eigenvalue weighted by molar-refractivity contribution is -0.132. The van der Waals surface area contributed by atoms with Crippen molar-refractivity contribution in [1.29, 1.82) is 0 Å². The zero-order chi connectivity index (χ0) is 28.5. The predicted octanol–water partition coefficient (Wildman–Crippen LogP) is 6.58. The third-order valence-electron chi connectivity index (χ3n) is 8.32. The Hall–Kier alpha value is -3.84. The summed E-state index contributed by atoms with van der Waals surface area (Å²) in [5, 5.41) is 5.08. The molecular formula is C34H36N4O2S. The monoisotopic (exact) mass is 564 g/mol. The molecule has 1 fully saturated rings. The van der Waals surface area contributed by atoms with Gasteiger partial charge in [-0.1, -0.05) is 79.2 Å². The van der Waals surface area contributed by atoms with Gasteiger partial charge < -0.3 is 4.90 Å². The Morgan fingerprint density at radius 2 is 1.61 bits per heavy atom. The lowest BCUT2D eigenvalue weighted by atomic mass is 9.96. The fraction of sp³-hybridized carbons (Fsp3) is 0.324. The van der Waals surface area contributed by atoms with E-state index in [1.54, 1.807) is 16.7 Å². The minimum Gasteiger partial charge on any atom is -0.341 e. The number of hydrogen-bond acceptors (Lipinski definition) is 4. The number of fused-ring (bicyclic) bond motifs is 1. The summed E-state index contributed by atoms with van der Waals surface area (Å²) < 4.78 is 1.89. The van der Waals surface area contributed by atoms with Crippen LogP contribution in [0.3, 0.4) is 0 Å². The molecule has 0 N–H and O–H groups in total. The zero-order valence-electron chi connectivity index (χ0n) is 23.9. The average Bonchev–Trinajstić information content (AvgIpc) is 3.31. The van der Waals surface area contributed by atoms with Crippen molar-refractivity contribution in [3.05, 3.63) is 101 Å². The van der Waals surface area contributed by atoms with Gasteiger partial charge in [-0.15, -0.1) is 11.8 Å². The molecule has 1 saturated heterocycles. The van der Waals surface area contributed by atoms with E-state index in [0.29, 0.717) is 11.7 Å². The molecule has 2 aliphatic heterocycles. The van der Waals surface area contributed by atoms with Crippen molar-refractivity contribution in [2.75, 3.05) is 30.3 Å². The minimum atomic E-state index is -0.125. The highest BCUT2D eigenvalue weighted by molar-refractivity contribution is 8.00. The van der Waals surface area contributed by atoms with E-state index < -0.39 is 0 Å². The number of amides is 2. The first-order chi connectivity index (χ1) is 19.9. The van der Waals surface area contributed by atoms with Gasteiger partial charge in [0.05, 0.1) is 22.4 Å². The molecule has 0 spiro atoms.